The lowest BCUT2D eigenvalue weighted by Crippen LogP contribution is -2.21. The van der Waals surface area contributed by atoms with E-state index >= 15 is 0 Å². The van der Waals surface area contributed by atoms with E-state index in [1.54, 1.807) is 0 Å². The van der Waals surface area contributed by atoms with Gasteiger partial charge in [0.15, 0.2) is 0 Å². The van der Waals surface area contributed by atoms with Gasteiger partial charge in [-0.3, -0.25) is 0 Å². The Balaban J connectivity index is 2.02. The second-order valence-electron chi connectivity index (χ2n) is 5.64. The van der Waals surface area contributed by atoms with Gasteiger partial charge in [-0.15, -0.1) is 0 Å². The first kappa shape index (κ1) is 15.3. The van der Waals surface area contributed by atoms with Gasteiger partial charge in [0, 0.05) is 0 Å². The average Bonchev–Trinajstić information content (AvgIpc) is 2.64. The molecule has 0 amide bonds. The maximum absolute atomic E-state index is 5.67. The fourth-order valence-corrected chi connectivity index (χ4v) is 5.94. The summed E-state index contributed by atoms with van der Waals surface area (Å²) in [6.07, 6.45) is 0. The van der Waals surface area contributed by atoms with E-state index in [1.807, 2.05) is 12.1 Å². The van der Waals surface area contributed by atoms with Gasteiger partial charge in [0.1, 0.15) is 0 Å². The fraction of sp³-hybridized carbons (Fsp3) is 0. The number of rotatable bonds is 3. The van der Waals surface area contributed by atoms with Crippen LogP contribution in [0.5, 0.6) is 0 Å². The first-order valence-corrected chi connectivity index (χ1v) is 9.68. The van der Waals surface area contributed by atoms with Crippen LogP contribution in [0.25, 0.3) is 10.8 Å². The van der Waals surface area contributed by atoms with Gasteiger partial charge in [0.05, 0.1) is 0 Å². The van der Waals surface area contributed by atoms with Gasteiger partial charge in [-0.2, -0.15) is 4.90 Å². The number of hydrogen-bond donors (Lipinski definition) is 0. The molecule has 0 spiro atoms. The third kappa shape index (κ3) is 2.82. The molecule has 0 heterocycles. The topological polar surface area (TPSA) is 0 Å². The Kier molecular flexibility index (Phi) is 4.30. The maximum atomic E-state index is 5.67. The Bertz CT molecular complexity index is 920. The van der Waals surface area contributed by atoms with Crippen molar-refractivity contribution in [2.75, 3.05) is 0 Å². The first-order chi connectivity index (χ1) is 11.8. The summed E-state index contributed by atoms with van der Waals surface area (Å²) in [4.78, 5) is 0.933. The molecular formula is C22H16PS-. The van der Waals surface area contributed by atoms with E-state index in [2.05, 4.69) is 84.9 Å². The van der Waals surface area contributed by atoms with Crippen LogP contribution in [-0.4, -0.2) is 0 Å². The molecule has 0 unspecified atom stereocenters. The number of benzene rings is 4. The molecule has 0 aromatic heterocycles. The lowest BCUT2D eigenvalue weighted by Gasteiger charge is -2.24. The van der Waals surface area contributed by atoms with E-state index in [0.717, 1.165) is 4.90 Å². The van der Waals surface area contributed by atoms with Gasteiger partial charge in [-0.25, -0.2) is 0 Å². The van der Waals surface area contributed by atoms with Crippen LogP contribution in [0.15, 0.2) is 102 Å². The largest absolute Gasteiger partial charge is 0.779 e. The van der Waals surface area contributed by atoms with Crippen molar-refractivity contribution in [2.24, 2.45) is 0 Å². The smallest absolute Gasteiger partial charge is 0.00877 e. The van der Waals surface area contributed by atoms with Crippen LogP contribution in [0.1, 0.15) is 0 Å². The van der Waals surface area contributed by atoms with Crippen molar-refractivity contribution in [1.29, 1.82) is 0 Å². The second-order valence-corrected chi connectivity index (χ2v) is 8.26. The molecule has 0 aliphatic heterocycles. The molecule has 0 aliphatic carbocycles. The summed E-state index contributed by atoms with van der Waals surface area (Å²) in [6, 6.07) is 34.3. The predicted octanol–water partition coefficient (Wildman–Crippen LogP) is 4.50. The molecule has 0 atom stereocenters. The molecule has 2 heteroatoms. The standard InChI is InChI=1S/C22H17PS/c24-21-16-8-10-17-9-7-15-20(22(17)21)23(18-11-3-1-4-12-18)19-13-5-2-6-14-19/h1-16,24H/p-1. The zero-order chi connectivity index (χ0) is 16.4. The molecule has 4 aromatic carbocycles. The molecular weight excluding hydrogens is 327 g/mol. The quantitative estimate of drug-likeness (QED) is 0.390. The van der Waals surface area contributed by atoms with Crippen LogP contribution in [0, 0.1) is 0 Å². The normalized spacial score (nSPS) is 11.0. The zero-order valence-electron chi connectivity index (χ0n) is 13.1. The average molecular weight is 343 g/mol. The van der Waals surface area contributed by atoms with E-state index in [1.165, 1.54) is 26.7 Å². The molecule has 116 valence electrons. The highest BCUT2D eigenvalue weighted by atomic mass is 32.1. The van der Waals surface area contributed by atoms with Crippen molar-refractivity contribution in [3.05, 3.63) is 97.1 Å². The summed E-state index contributed by atoms with van der Waals surface area (Å²) < 4.78 is 0. The minimum absolute atomic E-state index is 0.629. The molecule has 24 heavy (non-hydrogen) atoms. The van der Waals surface area contributed by atoms with Crippen molar-refractivity contribution < 1.29 is 0 Å². The third-order valence-electron chi connectivity index (χ3n) is 4.11. The van der Waals surface area contributed by atoms with E-state index in [4.69, 9.17) is 12.6 Å². The van der Waals surface area contributed by atoms with Crippen LogP contribution in [0.3, 0.4) is 0 Å². The Hall–Kier alpha value is -2.21. The summed E-state index contributed by atoms with van der Waals surface area (Å²) in [5, 5.41) is 6.48. The van der Waals surface area contributed by atoms with Crippen LogP contribution < -0.4 is 15.9 Å². The summed E-state index contributed by atoms with van der Waals surface area (Å²) in [5.41, 5.74) is 0. The molecule has 0 bridgehead atoms. The van der Waals surface area contributed by atoms with E-state index in [9.17, 15) is 0 Å². The molecule has 0 nitrogen and oxygen atoms in total. The van der Waals surface area contributed by atoms with Crippen molar-refractivity contribution in [3.63, 3.8) is 0 Å². The van der Waals surface area contributed by atoms with Crippen LogP contribution in [-0.2, 0) is 12.6 Å². The highest BCUT2D eigenvalue weighted by Crippen LogP contribution is 2.36. The second kappa shape index (κ2) is 6.73. The lowest BCUT2D eigenvalue weighted by atomic mass is 10.1. The van der Waals surface area contributed by atoms with Gasteiger partial charge in [0.25, 0.3) is 0 Å². The Morgan fingerprint density at radius 1 is 0.542 bits per heavy atom. The lowest BCUT2D eigenvalue weighted by molar-refractivity contribution is 1.57. The highest BCUT2D eigenvalue weighted by molar-refractivity contribution is 7.80. The maximum Gasteiger partial charge on any atom is -0.00877 e. The summed E-state index contributed by atoms with van der Waals surface area (Å²) in [5.74, 6) is 0. The molecule has 0 saturated heterocycles. The van der Waals surface area contributed by atoms with Gasteiger partial charge in [-0.05, 0) is 34.6 Å². The summed E-state index contributed by atoms with van der Waals surface area (Å²) in [6.45, 7) is 0. The minimum Gasteiger partial charge on any atom is -0.779 e. The SMILES string of the molecule is [S-]c1cccc2cccc(P(c3ccccc3)c3ccccc3)c12. The molecule has 4 rings (SSSR count). The Morgan fingerprint density at radius 2 is 1.08 bits per heavy atom. The zero-order valence-corrected chi connectivity index (χ0v) is 14.8. The third-order valence-corrected chi connectivity index (χ3v) is 6.94. The summed E-state index contributed by atoms with van der Waals surface area (Å²) >= 11 is 5.67. The molecule has 0 N–H and O–H groups in total. The first-order valence-electron chi connectivity index (χ1n) is 7.93. The van der Waals surface area contributed by atoms with E-state index < -0.39 is 7.92 Å². The van der Waals surface area contributed by atoms with E-state index in [0.29, 0.717) is 0 Å². The highest BCUT2D eigenvalue weighted by Gasteiger charge is 2.18. The van der Waals surface area contributed by atoms with Crippen LogP contribution in [0.2, 0.25) is 0 Å². The van der Waals surface area contributed by atoms with Crippen molar-refractivity contribution >= 4 is 47.2 Å². The summed E-state index contributed by atoms with van der Waals surface area (Å²) in [7, 11) is -0.629. The van der Waals surface area contributed by atoms with Gasteiger partial charge in [0.2, 0.25) is 0 Å². The van der Waals surface area contributed by atoms with Gasteiger partial charge < -0.3 is 12.6 Å². The molecule has 0 radical (unpaired) electrons. The number of fused-ring (bicyclic) bond motifs is 1. The Morgan fingerprint density at radius 3 is 1.67 bits per heavy atom. The molecule has 0 fully saturated rings. The van der Waals surface area contributed by atoms with Gasteiger partial charge in [-0.1, -0.05) is 97.1 Å². The Labute approximate surface area is 149 Å². The van der Waals surface area contributed by atoms with Crippen LogP contribution >= 0.6 is 7.92 Å². The van der Waals surface area contributed by atoms with E-state index in [-0.39, 0.29) is 0 Å². The predicted molar refractivity (Wildman–Crippen MR) is 108 cm³/mol. The minimum atomic E-state index is -0.629. The molecule has 4 aromatic rings. The molecule has 0 saturated carbocycles. The van der Waals surface area contributed by atoms with Crippen molar-refractivity contribution in [3.8, 4) is 0 Å². The molecule has 0 aliphatic rings. The van der Waals surface area contributed by atoms with Gasteiger partial charge >= 0.3 is 0 Å². The van der Waals surface area contributed by atoms with Crippen molar-refractivity contribution in [2.45, 2.75) is 4.90 Å². The fourth-order valence-electron chi connectivity index (χ4n) is 3.06. The van der Waals surface area contributed by atoms with Crippen LogP contribution in [0.4, 0.5) is 0 Å². The monoisotopic (exact) mass is 343 g/mol. The number of hydrogen-bond acceptors (Lipinski definition) is 1. The van der Waals surface area contributed by atoms with Crippen molar-refractivity contribution in [1.82, 2.24) is 0 Å².